The van der Waals surface area contributed by atoms with Crippen LogP contribution in [-0.4, -0.2) is 42.5 Å². The summed E-state index contributed by atoms with van der Waals surface area (Å²) in [6, 6.07) is 21.6. The van der Waals surface area contributed by atoms with E-state index in [0.717, 1.165) is 36.0 Å². The maximum absolute atomic E-state index is 14.3. The molecule has 2 amide bonds. The molecular weight excluding hydrogens is 620 g/mol. The maximum Gasteiger partial charge on any atom is 0.408 e. The topological polar surface area (TPSA) is 120 Å². The van der Waals surface area contributed by atoms with Gasteiger partial charge in [-0.3, -0.25) is 9.59 Å². The van der Waals surface area contributed by atoms with E-state index in [0.29, 0.717) is 30.8 Å². The van der Waals surface area contributed by atoms with Gasteiger partial charge in [-0.2, -0.15) is 0 Å². The van der Waals surface area contributed by atoms with E-state index < -0.39 is 35.5 Å². The Hall–Kier alpha value is -4.92. The molecule has 4 unspecified atom stereocenters. The number of carbonyl (C=O) groups is 4. The van der Waals surface area contributed by atoms with Crippen molar-refractivity contribution in [3.8, 4) is 5.75 Å². The Labute approximate surface area is 288 Å². The fourth-order valence-corrected chi connectivity index (χ4v) is 6.51. The van der Waals surface area contributed by atoms with E-state index in [2.05, 4.69) is 22.8 Å². The van der Waals surface area contributed by atoms with Gasteiger partial charge in [-0.05, 0) is 106 Å². The zero-order chi connectivity index (χ0) is 35.0. The zero-order valence-electron chi connectivity index (χ0n) is 28.7. The molecular formula is C40H46N2O7. The number of hydrogen-bond donors (Lipinski definition) is 2. The second-order valence-corrected chi connectivity index (χ2v) is 13.7. The highest BCUT2D eigenvalue weighted by atomic mass is 16.6. The Morgan fingerprint density at radius 2 is 1.53 bits per heavy atom. The van der Waals surface area contributed by atoms with Gasteiger partial charge in [-0.1, -0.05) is 60.7 Å². The van der Waals surface area contributed by atoms with Crippen molar-refractivity contribution in [3.63, 3.8) is 0 Å². The molecule has 0 saturated carbocycles. The molecule has 9 nitrogen and oxygen atoms in total. The maximum atomic E-state index is 14.3. The third-order valence-corrected chi connectivity index (χ3v) is 9.00. The van der Waals surface area contributed by atoms with Crippen LogP contribution in [0.15, 0.2) is 84.9 Å². The summed E-state index contributed by atoms with van der Waals surface area (Å²) < 4.78 is 16.2. The molecule has 0 heterocycles. The van der Waals surface area contributed by atoms with E-state index in [9.17, 15) is 19.2 Å². The summed E-state index contributed by atoms with van der Waals surface area (Å²) >= 11 is 0. The number of carbonyl (C=O) groups excluding carboxylic acids is 4. The summed E-state index contributed by atoms with van der Waals surface area (Å²) in [6.07, 6.45) is 7.15. The molecule has 2 aliphatic rings. The first-order valence-electron chi connectivity index (χ1n) is 17.0. The molecule has 2 aliphatic carbocycles. The minimum atomic E-state index is -0.905. The molecule has 0 aromatic heterocycles. The lowest BCUT2D eigenvalue weighted by atomic mass is 9.76. The number of hydrogen-bond acceptors (Lipinski definition) is 7. The second kappa shape index (κ2) is 16.0. The summed E-state index contributed by atoms with van der Waals surface area (Å²) in [5.74, 6) is -1.26. The van der Waals surface area contributed by atoms with Crippen molar-refractivity contribution < 1.29 is 33.4 Å². The number of ketones is 1. The number of esters is 1. The van der Waals surface area contributed by atoms with E-state index in [1.54, 1.807) is 45.0 Å². The molecule has 0 bridgehead atoms. The number of fused-ring (bicyclic) bond motifs is 1. The number of ether oxygens (including phenoxy) is 3. The number of benzene rings is 3. The van der Waals surface area contributed by atoms with Crippen LogP contribution >= 0.6 is 0 Å². The van der Waals surface area contributed by atoms with E-state index >= 15 is 0 Å². The first kappa shape index (κ1) is 35.4. The molecule has 0 spiro atoms. The van der Waals surface area contributed by atoms with Crippen LogP contribution < -0.4 is 15.4 Å². The van der Waals surface area contributed by atoms with Gasteiger partial charge in [0.2, 0.25) is 5.91 Å². The number of Topliss-reactive ketones (excluding diaryl/α,β-unsaturated/α-hetero) is 1. The van der Waals surface area contributed by atoms with Crippen LogP contribution in [0.2, 0.25) is 0 Å². The molecule has 0 fully saturated rings. The number of amides is 2. The molecule has 258 valence electrons. The highest BCUT2D eigenvalue weighted by Crippen LogP contribution is 2.33. The molecule has 0 radical (unpaired) electrons. The minimum absolute atomic E-state index is 0.0882. The van der Waals surface area contributed by atoms with Crippen LogP contribution in [0.4, 0.5) is 4.79 Å². The average molecular weight is 667 g/mol. The number of nitrogens with one attached hydrogen (secondary N) is 2. The van der Waals surface area contributed by atoms with Gasteiger partial charge in [0.05, 0.1) is 30.7 Å². The van der Waals surface area contributed by atoms with E-state index in [4.69, 9.17) is 14.2 Å². The van der Waals surface area contributed by atoms with Crippen LogP contribution in [0, 0.1) is 11.8 Å². The molecule has 4 atom stereocenters. The number of alkyl carbamates (subject to hydrolysis) is 1. The SMILES string of the molecule is COC(=O)c1ccc(COc2ccc(CC(NC(=O)OC(C)(C)C)C(=O)C3CC=CCC3C(=O)NC3CCCc4ccccc43)cc2)cc1. The third kappa shape index (κ3) is 9.59. The van der Waals surface area contributed by atoms with Crippen LogP contribution in [0.5, 0.6) is 5.75 Å². The van der Waals surface area contributed by atoms with Crippen molar-refractivity contribution in [3.05, 3.63) is 113 Å². The normalized spacial score (nSPS) is 19.1. The number of rotatable bonds is 11. The number of aryl methyl sites for hydroxylation is 1. The summed E-state index contributed by atoms with van der Waals surface area (Å²) in [6.45, 7) is 5.61. The number of allylic oxidation sites excluding steroid dienone is 2. The largest absolute Gasteiger partial charge is 0.489 e. The quantitative estimate of drug-likeness (QED) is 0.170. The molecule has 0 saturated heterocycles. The smallest absolute Gasteiger partial charge is 0.408 e. The van der Waals surface area contributed by atoms with Crippen LogP contribution in [0.3, 0.4) is 0 Å². The van der Waals surface area contributed by atoms with Gasteiger partial charge in [-0.25, -0.2) is 9.59 Å². The van der Waals surface area contributed by atoms with Crippen molar-refractivity contribution in [2.24, 2.45) is 11.8 Å². The summed E-state index contributed by atoms with van der Waals surface area (Å²) in [7, 11) is 1.34. The fraction of sp³-hybridized carbons (Fsp3) is 0.400. The first-order chi connectivity index (χ1) is 23.5. The van der Waals surface area contributed by atoms with Gasteiger partial charge >= 0.3 is 12.1 Å². The summed E-state index contributed by atoms with van der Waals surface area (Å²) in [4.78, 5) is 52.7. The third-order valence-electron chi connectivity index (χ3n) is 9.00. The van der Waals surface area contributed by atoms with Gasteiger partial charge in [0.1, 0.15) is 18.0 Å². The molecule has 3 aromatic rings. The Balaban J connectivity index is 1.28. The monoisotopic (exact) mass is 666 g/mol. The Morgan fingerprint density at radius 3 is 2.22 bits per heavy atom. The van der Waals surface area contributed by atoms with Gasteiger partial charge in [0, 0.05) is 5.92 Å². The standard InChI is InChI=1S/C40H46N2O7/c1-40(2,3)49-39(46)42-35(24-26-18-22-30(23-19-26)48-25-27-16-20-29(21-17-27)38(45)47-4)36(43)32-13-7-8-14-33(32)37(44)41-34-15-9-11-28-10-5-6-12-31(28)34/h5-8,10,12,16-23,32-35H,9,11,13-15,24-25H2,1-4H3,(H,41,44)(H,42,46). The van der Waals surface area contributed by atoms with Gasteiger partial charge in [-0.15, -0.1) is 0 Å². The van der Waals surface area contributed by atoms with Crippen molar-refractivity contribution >= 4 is 23.8 Å². The van der Waals surface area contributed by atoms with Crippen LogP contribution in [-0.2, 0) is 38.5 Å². The minimum Gasteiger partial charge on any atom is -0.489 e. The Kier molecular flexibility index (Phi) is 11.5. The summed E-state index contributed by atoms with van der Waals surface area (Å²) in [5.41, 5.74) is 3.81. The lowest BCUT2D eigenvalue weighted by Gasteiger charge is -2.33. The van der Waals surface area contributed by atoms with Crippen molar-refractivity contribution in [2.75, 3.05) is 7.11 Å². The van der Waals surface area contributed by atoms with E-state index in [1.807, 2.05) is 48.6 Å². The predicted molar refractivity (Wildman–Crippen MR) is 186 cm³/mol. The van der Waals surface area contributed by atoms with Gasteiger partial charge in [0.25, 0.3) is 0 Å². The molecule has 9 heteroatoms. The molecule has 5 rings (SSSR count). The summed E-state index contributed by atoms with van der Waals surface area (Å²) in [5, 5.41) is 6.08. The lowest BCUT2D eigenvalue weighted by Crippen LogP contribution is -2.50. The fourth-order valence-electron chi connectivity index (χ4n) is 6.51. The highest BCUT2D eigenvalue weighted by Gasteiger charge is 2.39. The van der Waals surface area contributed by atoms with Crippen molar-refractivity contribution in [2.45, 2.75) is 83.6 Å². The average Bonchev–Trinajstić information content (AvgIpc) is 3.10. The predicted octanol–water partition coefficient (Wildman–Crippen LogP) is 6.83. The van der Waals surface area contributed by atoms with Crippen LogP contribution in [0.1, 0.15) is 85.1 Å². The van der Waals surface area contributed by atoms with Crippen LogP contribution in [0.25, 0.3) is 0 Å². The van der Waals surface area contributed by atoms with Crippen molar-refractivity contribution in [1.29, 1.82) is 0 Å². The number of methoxy groups -OCH3 is 1. The molecule has 0 aliphatic heterocycles. The van der Waals surface area contributed by atoms with Gasteiger partial charge in [0.15, 0.2) is 5.78 Å². The second-order valence-electron chi connectivity index (χ2n) is 13.7. The Morgan fingerprint density at radius 1 is 0.857 bits per heavy atom. The van der Waals surface area contributed by atoms with E-state index in [-0.39, 0.29) is 24.2 Å². The lowest BCUT2D eigenvalue weighted by molar-refractivity contribution is -0.135. The molecule has 2 N–H and O–H groups in total. The molecule has 49 heavy (non-hydrogen) atoms. The van der Waals surface area contributed by atoms with Gasteiger partial charge < -0.3 is 24.8 Å². The zero-order valence-corrected chi connectivity index (χ0v) is 28.7. The van der Waals surface area contributed by atoms with E-state index in [1.165, 1.54) is 12.7 Å². The Bertz CT molecular complexity index is 1660. The molecule has 3 aromatic carbocycles. The van der Waals surface area contributed by atoms with Crippen molar-refractivity contribution in [1.82, 2.24) is 10.6 Å². The highest BCUT2D eigenvalue weighted by molar-refractivity contribution is 5.94. The first-order valence-corrected chi connectivity index (χ1v) is 17.0.